The number of fused-ring (bicyclic) bond motifs is 1. The van der Waals surface area contributed by atoms with Crippen LogP contribution in [0.1, 0.15) is 15.2 Å². The number of rotatable bonds is 4. The third kappa shape index (κ3) is 4.01. The monoisotopic (exact) mass is 446 g/mol. The Balaban J connectivity index is 1.62. The minimum absolute atomic E-state index is 0.00867. The number of nitrogens with one attached hydrogen (secondary N) is 1. The van der Waals surface area contributed by atoms with E-state index in [9.17, 15) is 13.2 Å². The lowest BCUT2D eigenvalue weighted by atomic mass is 10.1. The fourth-order valence-corrected chi connectivity index (χ4v) is 5.00. The van der Waals surface area contributed by atoms with Gasteiger partial charge in [0.15, 0.2) is 0 Å². The largest absolute Gasteiger partial charge is 0.353 e. The Hall–Kier alpha value is -2.60. The molecule has 0 aliphatic carbocycles. The SMILES string of the molecule is Cc1c(C(=O)Nc2ccc(S(N)(=O)=O)cc2)sc2ncnc(N3CCN(C)CC3)c12. The summed E-state index contributed by atoms with van der Waals surface area (Å²) in [6.45, 7) is 5.56. The fraction of sp³-hybridized carbons (Fsp3) is 0.316. The summed E-state index contributed by atoms with van der Waals surface area (Å²) in [5.74, 6) is 0.585. The second kappa shape index (κ2) is 7.91. The van der Waals surface area contributed by atoms with Crippen LogP contribution in [0.15, 0.2) is 35.5 Å². The second-order valence-corrected chi connectivity index (χ2v) is 9.81. The number of piperazine rings is 1. The lowest BCUT2D eigenvalue weighted by Crippen LogP contribution is -2.44. The van der Waals surface area contributed by atoms with E-state index in [2.05, 4.69) is 32.1 Å². The maximum Gasteiger partial charge on any atom is 0.266 e. The van der Waals surface area contributed by atoms with E-state index in [0.29, 0.717) is 10.6 Å². The quantitative estimate of drug-likeness (QED) is 0.625. The highest BCUT2D eigenvalue weighted by molar-refractivity contribution is 7.89. The molecule has 1 saturated heterocycles. The Labute approximate surface area is 178 Å². The van der Waals surface area contributed by atoms with Crippen molar-refractivity contribution in [2.24, 2.45) is 5.14 Å². The average Bonchev–Trinajstić information content (AvgIpc) is 3.05. The molecule has 3 heterocycles. The predicted molar refractivity (Wildman–Crippen MR) is 118 cm³/mol. The van der Waals surface area contributed by atoms with Gasteiger partial charge < -0.3 is 15.1 Å². The zero-order chi connectivity index (χ0) is 21.5. The van der Waals surface area contributed by atoms with Gasteiger partial charge in [-0.15, -0.1) is 11.3 Å². The molecule has 158 valence electrons. The van der Waals surface area contributed by atoms with Crippen molar-refractivity contribution in [3.8, 4) is 0 Å². The minimum Gasteiger partial charge on any atom is -0.353 e. The number of aryl methyl sites for hydroxylation is 1. The van der Waals surface area contributed by atoms with E-state index in [1.54, 1.807) is 6.33 Å². The van der Waals surface area contributed by atoms with Crippen LogP contribution in [0.5, 0.6) is 0 Å². The van der Waals surface area contributed by atoms with Crippen molar-refractivity contribution in [3.63, 3.8) is 0 Å². The third-order valence-corrected chi connectivity index (χ3v) is 7.28. The van der Waals surface area contributed by atoms with E-state index >= 15 is 0 Å². The van der Waals surface area contributed by atoms with Crippen LogP contribution in [0.4, 0.5) is 11.5 Å². The first-order chi connectivity index (χ1) is 14.2. The Morgan fingerprint density at radius 1 is 1.13 bits per heavy atom. The zero-order valence-electron chi connectivity index (χ0n) is 16.6. The smallest absolute Gasteiger partial charge is 0.266 e. The lowest BCUT2D eigenvalue weighted by Gasteiger charge is -2.33. The number of hydrogen-bond acceptors (Lipinski definition) is 8. The van der Waals surface area contributed by atoms with E-state index < -0.39 is 10.0 Å². The molecule has 0 radical (unpaired) electrons. The van der Waals surface area contributed by atoms with Gasteiger partial charge in [-0.3, -0.25) is 4.79 Å². The molecule has 0 unspecified atom stereocenters. The molecule has 30 heavy (non-hydrogen) atoms. The number of benzene rings is 1. The average molecular weight is 447 g/mol. The van der Waals surface area contributed by atoms with E-state index in [-0.39, 0.29) is 10.8 Å². The molecular formula is C19H22N6O3S2. The number of likely N-dealkylation sites (N-methyl/N-ethyl adjacent to an activating group) is 1. The molecule has 0 atom stereocenters. The van der Waals surface area contributed by atoms with Crippen molar-refractivity contribution >= 4 is 49.0 Å². The van der Waals surface area contributed by atoms with Crippen molar-refractivity contribution in [1.29, 1.82) is 0 Å². The number of aromatic nitrogens is 2. The van der Waals surface area contributed by atoms with E-state index in [4.69, 9.17) is 5.14 Å². The van der Waals surface area contributed by atoms with Crippen LogP contribution in [0, 0.1) is 6.92 Å². The first kappa shape index (κ1) is 20.7. The molecule has 0 bridgehead atoms. The lowest BCUT2D eigenvalue weighted by molar-refractivity contribution is 0.103. The van der Waals surface area contributed by atoms with Crippen LogP contribution in [-0.4, -0.2) is 62.4 Å². The van der Waals surface area contributed by atoms with Crippen LogP contribution in [0.2, 0.25) is 0 Å². The summed E-state index contributed by atoms with van der Waals surface area (Å²) < 4.78 is 22.8. The van der Waals surface area contributed by atoms with Crippen LogP contribution in [0.25, 0.3) is 10.2 Å². The van der Waals surface area contributed by atoms with Crippen molar-refractivity contribution < 1.29 is 13.2 Å². The van der Waals surface area contributed by atoms with Gasteiger partial charge in [0, 0.05) is 31.9 Å². The number of nitrogens with two attached hydrogens (primary N) is 1. The van der Waals surface area contributed by atoms with Crippen LogP contribution in [-0.2, 0) is 10.0 Å². The van der Waals surface area contributed by atoms with Gasteiger partial charge in [-0.2, -0.15) is 0 Å². The highest BCUT2D eigenvalue weighted by atomic mass is 32.2. The van der Waals surface area contributed by atoms with E-state index in [1.165, 1.54) is 35.6 Å². The number of anilines is 2. The maximum absolute atomic E-state index is 12.9. The molecule has 3 N–H and O–H groups in total. The maximum atomic E-state index is 12.9. The van der Waals surface area contributed by atoms with Gasteiger partial charge in [0.1, 0.15) is 17.0 Å². The molecule has 0 spiro atoms. The molecule has 1 aromatic carbocycles. The Morgan fingerprint density at radius 2 is 1.80 bits per heavy atom. The number of primary sulfonamides is 1. The number of carbonyl (C=O) groups excluding carboxylic acids is 1. The van der Waals surface area contributed by atoms with Gasteiger partial charge in [0.05, 0.1) is 15.2 Å². The topological polar surface area (TPSA) is 122 Å². The summed E-state index contributed by atoms with van der Waals surface area (Å²) in [5, 5.41) is 8.83. The number of nitrogens with zero attached hydrogens (tertiary/aromatic N) is 4. The minimum atomic E-state index is -3.78. The summed E-state index contributed by atoms with van der Waals surface area (Å²) >= 11 is 1.32. The Bertz CT molecular complexity index is 1200. The second-order valence-electron chi connectivity index (χ2n) is 7.25. The normalized spacial score (nSPS) is 15.5. The first-order valence-corrected chi connectivity index (χ1v) is 11.7. The number of sulfonamides is 1. The molecule has 9 nitrogen and oxygen atoms in total. The Kier molecular flexibility index (Phi) is 5.45. The van der Waals surface area contributed by atoms with Gasteiger partial charge in [0.2, 0.25) is 10.0 Å². The molecule has 1 amide bonds. The molecular weight excluding hydrogens is 424 g/mol. The molecule has 4 rings (SSSR count). The van der Waals surface area contributed by atoms with Crippen molar-refractivity contribution in [3.05, 3.63) is 41.0 Å². The standard InChI is InChI=1S/C19H22N6O3S2/c1-12-15-17(25-9-7-24(2)8-10-25)21-11-22-19(15)29-16(12)18(26)23-13-3-5-14(6-4-13)30(20,27)28/h3-6,11H,7-10H2,1-2H3,(H,23,26)(H2,20,27,28). The molecule has 11 heteroatoms. The molecule has 1 aliphatic heterocycles. The molecule has 0 saturated carbocycles. The molecule has 3 aromatic rings. The number of carbonyl (C=O) groups is 1. The number of thiophene rings is 1. The van der Waals surface area contributed by atoms with Crippen LogP contribution < -0.4 is 15.4 Å². The van der Waals surface area contributed by atoms with Crippen molar-refractivity contribution in [2.45, 2.75) is 11.8 Å². The highest BCUT2D eigenvalue weighted by Gasteiger charge is 2.23. The Morgan fingerprint density at radius 3 is 2.43 bits per heavy atom. The van der Waals surface area contributed by atoms with Gasteiger partial charge in [0.25, 0.3) is 5.91 Å². The van der Waals surface area contributed by atoms with Gasteiger partial charge in [-0.1, -0.05) is 0 Å². The van der Waals surface area contributed by atoms with Crippen LogP contribution in [0.3, 0.4) is 0 Å². The first-order valence-electron chi connectivity index (χ1n) is 9.36. The van der Waals surface area contributed by atoms with E-state index in [1.807, 2.05) is 6.92 Å². The van der Waals surface area contributed by atoms with Crippen LogP contribution >= 0.6 is 11.3 Å². The number of amides is 1. The summed E-state index contributed by atoms with van der Waals surface area (Å²) in [6, 6.07) is 5.74. The molecule has 1 aliphatic rings. The number of hydrogen-bond donors (Lipinski definition) is 2. The van der Waals surface area contributed by atoms with Crippen molar-refractivity contribution in [2.75, 3.05) is 43.4 Å². The van der Waals surface area contributed by atoms with Crippen molar-refractivity contribution in [1.82, 2.24) is 14.9 Å². The summed E-state index contributed by atoms with van der Waals surface area (Å²) in [7, 11) is -1.68. The molecule has 2 aromatic heterocycles. The summed E-state index contributed by atoms with van der Waals surface area (Å²) in [6.07, 6.45) is 1.54. The van der Waals surface area contributed by atoms with Gasteiger partial charge in [-0.05, 0) is 43.8 Å². The zero-order valence-corrected chi connectivity index (χ0v) is 18.3. The fourth-order valence-electron chi connectivity index (χ4n) is 3.44. The predicted octanol–water partition coefficient (Wildman–Crippen LogP) is 1.65. The summed E-state index contributed by atoms with van der Waals surface area (Å²) in [5.41, 5.74) is 1.32. The summed E-state index contributed by atoms with van der Waals surface area (Å²) in [4.78, 5) is 27.6. The van der Waals surface area contributed by atoms with Gasteiger partial charge >= 0.3 is 0 Å². The van der Waals surface area contributed by atoms with Gasteiger partial charge in [-0.25, -0.2) is 23.5 Å². The molecule has 1 fully saturated rings. The third-order valence-electron chi connectivity index (χ3n) is 5.16. The highest BCUT2D eigenvalue weighted by Crippen LogP contribution is 2.35. The van der Waals surface area contributed by atoms with E-state index in [0.717, 1.165) is 47.8 Å².